The second kappa shape index (κ2) is 3.09. The summed E-state index contributed by atoms with van der Waals surface area (Å²) < 4.78 is 8.55. The summed E-state index contributed by atoms with van der Waals surface area (Å²) in [7, 11) is -5.39. The third-order valence-corrected chi connectivity index (χ3v) is 0. The van der Waals surface area contributed by atoms with E-state index in [2.05, 4.69) is 0 Å². The molecule has 0 aromatic heterocycles. The Morgan fingerprint density at radius 2 is 1.33 bits per heavy atom. The second-order valence-corrected chi connectivity index (χ2v) is 1.34. The standard InChI is InChI=1S/H3O4P.Pb/c1-5(2,3)4;/h(H3,1,2,3,4);/q;+4/p-2. The molecule has 0 N–H and O–H groups in total. The molecule has 0 aliphatic rings. The smallest absolute Gasteiger partial charge is 0.822 e. The number of phosphoric acid groups is 1. The average Bonchev–Trinajstić information content (AvgIpc) is 0.722. The van der Waals surface area contributed by atoms with Gasteiger partial charge in [-0.1, -0.05) is 0 Å². The van der Waals surface area contributed by atoms with Crippen molar-refractivity contribution in [3.05, 3.63) is 0 Å². The van der Waals surface area contributed by atoms with Gasteiger partial charge in [0.1, 0.15) is 0 Å². The quantitative estimate of drug-likeness (QED) is 0.350. The SMILES string of the molecule is O=P([O-])([O-])[O-].[H+].[Pb+4]. The van der Waals surface area contributed by atoms with Crippen molar-refractivity contribution in [2.24, 2.45) is 0 Å². The Morgan fingerprint density at radius 1 is 1.33 bits per heavy atom. The number of rotatable bonds is 0. The van der Waals surface area contributed by atoms with Crippen LogP contribution in [0.5, 0.6) is 0 Å². The van der Waals surface area contributed by atoms with Crippen molar-refractivity contribution < 1.29 is 20.7 Å². The number of hydrogen-bond donors (Lipinski definition) is 0. The topological polar surface area (TPSA) is 86.2 Å². The summed E-state index contributed by atoms with van der Waals surface area (Å²) in [5.74, 6) is 0. The Bertz CT molecular complexity index is 57.8. The zero-order valence-corrected chi connectivity index (χ0v) is 7.36. The van der Waals surface area contributed by atoms with Gasteiger partial charge in [0.15, 0.2) is 0 Å². The van der Waals surface area contributed by atoms with Crippen LogP contribution in [0.2, 0.25) is 0 Å². The molecule has 0 aliphatic heterocycles. The van der Waals surface area contributed by atoms with Crippen molar-refractivity contribution in [1.29, 1.82) is 0 Å². The van der Waals surface area contributed by atoms with Crippen LogP contribution in [0.15, 0.2) is 0 Å². The molecule has 4 nitrogen and oxygen atoms in total. The maximum Gasteiger partial charge on any atom is 4.00 e. The zero-order valence-electron chi connectivity index (χ0n) is 3.58. The minimum atomic E-state index is -5.39. The minimum Gasteiger partial charge on any atom is -0.822 e. The Labute approximate surface area is 56.1 Å². The van der Waals surface area contributed by atoms with Gasteiger partial charge in [0, 0.05) is 0 Å². The van der Waals surface area contributed by atoms with Gasteiger partial charge >= 0.3 is 28.7 Å². The fourth-order valence-electron chi connectivity index (χ4n) is 0. The first-order valence-corrected chi connectivity index (χ1v) is 2.19. The summed E-state index contributed by atoms with van der Waals surface area (Å²) in [6.07, 6.45) is 0. The molecule has 0 saturated heterocycles. The van der Waals surface area contributed by atoms with Gasteiger partial charge in [0.2, 0.25) is 0 Å². The number of hydrogen-bond acceptors (Lipinski definition) is 4. The van der Waals surface area contributed by atoms with Gasteiger partial charge < -0.3 is 19.2 Å². The van der Waals surface area contributed by atoms with Crippen molar-refractivity contribution in [2.45, 2.75) is 0 Å². The van der Waals surface area contributed by atoms with Crippen LogP contribution >= 0.6 is 7.82 Å². The summed E-state index contributed by atoms with van der Waals surface area (Å²) in [5, 5.41) is 0. The Hall–Kier alpha value is 1.03. The second-order valence-electron chi connectivity index (χ2n) is 0.447. The van der Waals surface area contributed by atoms with Crippen molar-refractivity contribution in [3.63, 3.8) is 0 Å². The Kier molecular flexibility index (Phi) is 5.20. The molecule has 0 radical (unpaired) electrons. The third kappa shape index (κ3) is 76.8. The molecule has 0 aromatic rings. The van der Waals surface area contributed by atoms with Gasteiger partial charge in [-0.3, -0.25) is 0 Å². The van der Waals surface area contributed by atoms with Crippen molar-refractivity contribution >= 4 is 35.1 Å². The molecule has 0 rings (SSSR count). The molecule has 0 unspecified atom stereocenters. The molecular formula is HO4PPb+2. The first-order chi connectivity index (χ1) is 2.00. The monoisotopic (exact) mass is 304 g/mol. The van der Waals surface area contributed by atoms with E-state index >= 15 is 0 Å². The van der Waals surface area contributed by atoms with Crippen LogP contribution in [-0.2, 0) is 4.57 Å². The fourth-order valence-corrected chi connectivity index (χ4v) is 0. The molecule has 6 heavy (non-hydrogen) atoms. The van der Waals surface area contributed by atoms with Crippen molar-refractivity contribution in [3.8, 4) is 0 Å². The van der Waals surface area contributed by atoms with Gasteiger partial charge in [-0.25, -0.2) is 0 Å². The minimum absolute atomic E-state index is 0. The van der Waals surface area contributed by atoms with E-state index in [0.717, 1.165) is 0 Å². The van der Waals surface area contributed by atoms with Crippen molar-refractivity contribution in [2.75, 3.05) is 0 Å². The van der Waals surface area contributed by atoms with Gasteiger partial charge in [-0.2, -0.15) is 7.82 Å². The van der Waals surface area contributed by atoms with Gasteiger partial charge in [0.25, 0.3) is 0 Å². The first-order valence-electron chi connectivity index (χ1n) is 0.730. The zero-order chi connectivity index (χ0) is 4.50. The molecule has 0 atom stereocenters. The van der Waals surface area contributed by atoms with Crippen LogP contribution in [0.1, 0.15) is 1.43 Å². The molecule has 0 heterocycles. The van der Waals surface area contributed by atoms with Crippen LogP contribution < -0.4 is 14.7 Å². The molecule has 0 amide bonds. The predicted octanol–water partition coefficient (Wildman–Crippen LogP) is -3.09. The molecule has 0 aromatic carbocycles. The van der Waals surface area contributed by atoms with Crippen molar-refractivity contribution in [1.82, 2.24) is 0 Å². The predicted molar refractivity (Wildman–Crippen MR) is 14.5 cm³/mol. The largest absolute Gasteiger partial charge is 4.00 e. The molecule has 0 saturated carbocycles. The Morgan fingerprint density at radius 3 is 1.33 bits per heavy atom. The van der Waals surface area contributed by atoms with E-state index < -0.39 is 7.82 Å². The van der Waals surface area contributed by atoms with E-state index in [1.54, 1.807) is 0 Å². The van der Waals surface area contributed by atoms with E-state index in [1.807, 2.05) is 0 Å². The van der Waals surface area contributed by atoms with E-state index in [0.29, 0.717) is 0 Å². The van der Waals surface area contributed by atoms with E-state index in [4.69, 9.17) is 19.2 Å². The summed E-state index contributed by atoms with van der Waals surface area (Å²) in [6, 6.07) is 0. The molecule has 0 fully saturated rings. The molecule has 32 valence electrons. The molecule has 6 heteroatoms. The maximum absolute atomic E-state index is 8.55. The average molecular weight is 303 g/mol. The van der Waals surface area contributed by atoms with Crippen LogP contribution in [0.25, 0.3) is 0 Å². The molecular weight excluding hydrogens is 302 g/mol. The summed E-state index contributed by atoms with van der Waals surface area (Å²) >= 11 is 0. The van der Waals surface area contributed by atoms with Crippen LogP contribution in [0.4, 0.5) is 0 Å². The normalized spacial score (nSPS) is 9.83. The first kappa shape index (κ1) is 10.1. The van der Waals surface area contributed by atoms with E-state index in [-0.39, 0.29) is 28.7 Å². The van der Waals surface area contributed by atoms with Gasteiger partial charge in [-0.05, 0) is 0 Å². The summed E-state index contributed by atoms with van der Waals surface area (Å²) in [5.41, 5.74) is 0. The molecule has 0 spiro atoms. The van der Waals surface area contributed by atoms with E-state index in [9.17, 15) is 0 Å². The van der Waals surface area contributed by atoms with Gasteiger partial charge in [0.05, 0.1) is 0 Å². The van der Waals surface area contributed by atoms with Crippen LogP contribution in [0.3, 0.4) is 0 Å². The van der Waals surface area contributed by atoms with Crippen LogP contribution in [-0.4, -0.2) is 27.3 Å². The fraction of sp³-hybridized carbons (Fsp3) is 0. The van der Waals surface area contributed by atoms with E-state index in [1.165, 1.54) is 0 Å². The maximum atomic E-state index is 8.55. The third-order valence-electron chi connectivity index (χ3n) is 0. The molecule has 0 aliphatic carbocycles. The molecule has 0 bridgehead atoms. The summed E-state index contributed by atoms with van der Waals surface area (Å²) in [4.78, 5) is 25.6. The summed E-state index contributed by atoms with van der Waals surface area (Å²) in [6.45, 7) is 0. The van der Waals surface area contributed by atoms with Crippen LogP contribution in [0, 0.1) is 0 Å². The van der Waals surface area contributed by atoms with Gasteiger partial charge in [-0.15, -0.1) is 0 Å². The Balaban J connectivity index is -0.0000000800.